The summed E-state index contributed by atoms with van der Waals surface area (Å²) in [5.41, 5.74) is 0.637. The van der Waals surface area contributed by atoms with Crippen molar-refractivity contribution in [3.8, 4) is 0 Å². The van der Waals surface area contributed by atoms with Crippen LogP contribution < -0.4 is 0 Å². The number of hydrogen-bond donors (Lipinski definition) is 1. The average Bonchev–Trinajstić information content (AvgIpc) is 2.39. The maximum Gasteiger partial charge on any atom is 0.341 e. The van der Waals surface area contributed by atoms with E-state index in [0.717, 1.165) is 0 Å². The van der Waals surface area contributed by atoms with Crippen molar-refractivity contribution in [1.82, 2.24) is 4.98 Å². The molecule has 0 fully saturated rings. The van der Waals surface area contributed by atoms with Crippen LogP contribution in [-0.2, 0) is 4.74 Å². The molecule has 2 aromatic rings. The number of carbonyl (C=O) groups excluding carboxylic acids is 1. The predicted molar refractivity (Wildman–Crippen MR) is 77.4 cm³/mol. The molecule has 1 heterocycles. The first-order valence-corrected chi connectivity index (χ1v) is 6.81. The summed E-state index contributed by atoms with van der Waals surface area (Å²) in [4.78, 5) is 26.9. The average molecular weight is 359 g/mol. The van der Waals surface area contributed by atoms with Crippen molar-refractivity contribution in [2.24, 2.45) is 0 Å². The van der Waals surface area contributed by atoms with Gasteiger partial charge in [0, 0.05) is 16.1 Å². The number of carbonyl (C=O) groups is 2. The number of fused-ring (bicyclic) bond motifs is 1. The molecule has 0 aliphatic rings. The highest BCUT2D eigenvalue weighted by Gasteiger charge is 2.18. The Morgan fingerprint density at radius 2 is 2.15 bits per heavy atom. The number of carboxylic acid groups (broad SMARTS) is 1. The standard InChI is InChI=1S/C13H9BrClNO4/c1-2-20-13(19)8-5-16-11-7(10(8)15)3-6(12(17)18)4-9(11)14/h3-5H,2H2,1H3,(H,17,18). The second-order valence-corrected chi connectivity index (χ2v) is 5.10. The number of rotatable bonds is 3. The smallest absolute Gasteiger partial charge is 0.341 e. The van der Waals surface area contributed by atoms with E-state index in [9.17, 15) is 9.59 Å². The Hall–Kier alpha value is -1.66. The Balaban J connectivity index is 2.70. The number of aromatic carboxylic acids is 1. The van der Waals surface area contributed by atoms with Gasteiger partial charge in [-0.2, -0.15) is 0 Å². The number of aromatic nitrogens is 1. The molecule has 0 amide bonds. The van der Waals surface area contributed by atoms with Crippen LogP contribution in [0.25, 0.3) is 10.9 Å². The van der Waals surface area contributed by atoms with Gasteiger partial charge in [0.15, 0.2) is 0 Å². The van der Waals surface area contributed by atoms with E-state index in [1.807, 2.05) is 0 Å². The molecule has 5 nitrogen and oxygen atoms in total. The lowest BCUT2D eigenvalue weighted by atomic mass is 10.1. The maximum absolute atomic E-state index is 11.7. The molecule has 2 rings (SSSR count). The van der Waals surface area contributed by atoms with E-state index in [1.165, 1.54) is 18.3 Å². The largest absolute Gasteiger partial charge is 0.478 e. The van der Waals surface area contributed by atoms with Crippen LogP contribution in [0, 0.1) is 0 Å². The molecule has 0 aliphatic carbocycles. The van der Waals surface area contributed by atoms with Gasteiger partial charge in [0.05, 0.1) is 28.3 Å². The summed E-state index contributed by atoms with van der Waals surface area (Å²) in [6.45, 7) is 1.89. The van der Waals surface area contributed by atoms with Crippen LogP contribution in [0.2, 0.25) is 5.02 Å². The van der Waals surface area contributed by atoms with Gasteiger partial charge in [-0.3, -0.25) is 4.98 Å². The maximum atomic E-state index is 11.7. The first kappa shape index (κ1) is 14.7. The van der Waals surface area contributed by atoms with E-state index in [2.05, 4.69) is 20.9 Å². The molecule has 1 N–H and O–H groups in total. The van der Waals surface area contributed by atoms with E-state index in [0.29, 0.717) is 15.4 Å². The number of ether oxygens (including phenoxy) is 1. The molecule has 0 atom stereocenters. The van der Waals surface area contributed by atoms with E-state index in [4.69, 9.17) is 21.4 Å². The highest BCUT2D eigenvalue weighted by atomic mass is 79.9. The lowest BCUT2D eigenvalue weighted by Crippen LogP contribution is -2.07. The van der Waals surface area contributed by atoms with Crippen LogP contribution in [0.3, 0.4) is 0 Å². The second kappa shape index (κ2) is 5.76. The van der Waals surface area contributed by atoms with Gasteiger partial charge in [-0.15, -0.1) is 0 Å². The van der Waals surface area contributed by atoms with E-state index < -0.39 is 11.9 Å². The Morgan fingerprint density at radius 3 is 2.75 bits per heavy atom. The summed E-state index contributed by atoms with van der Waals surface area (Å²) in [6.07, 6.45) is 1.31. The highest BCUT2D eigenvalue weighted by molar-refractivity contribution is 9.10. The fraction of sp³-hybridized carbons (Fsp3) is 0.154. The third-order valence-corrected chi connectivity index (χ3v) is 3.61. The fourth-order valence-corrected chi connectivity index (χ4v) is 2.54. The van der Waals surface area contributed by atoms with Gasteiger partial charge in [-0.25, -0.2) is 9.59 Å². The topological polar surface area (TPSA) is 76.5 Å². The molecule has 0 aliphatic heterocycles. The molecule has 7 heteroatoms. The molecule has 20 heavy (non-hydrogen) atoms. The van der Waals surface area contributed by atoms with Gasteiger partial charge < -0.3 is 9.84 Å². The fourth-order valence-electron chi connectivity index (χ4n) is 1.70. The zero-order chi connectivity index (χ0) is 14.9. The molecular formula is C13H9BrClNO4. The lowest BCUT2D eigenvalue weighted by molar-refractivity contribution is 0.0526. The Morgan fingerprint density at radius 1 is 1.45 bits per heavy atom. The molecule has 1 aromatic carbocycles. The van der Waals surface area contributed by atoms with Crippen molar-refractivity contribution in [2.75, 3.05) is 6.61 Å². The molecule has 1 aromatic heterocycles. The summed E-state index contributed by atoms with van der Waals surface area (Å²) in [7, 11) is 0. The number of halogens is 2. The quantitative estimate of drug-likeness (QED) is 0.850. The highest BCUT2D eigenvalue weighted by Crippen LogP contribution is 2.31. The molecule has 0 bridgehead atoms. The van der Waals surface area contributed by atoms with Gasteiger partial charge in [-0.05, 0) is 35.0 Å². The monoisotopic (exact) mass is 357 g/mol. The second-order valence-electron chi connectivity index (χ2n) is 3.87. The third kappa shape index (κ3) is 2.62. The third-order valence-electron chi connectivity index (χ3n) is 2.60. The van der Waals surface area contributed by atoms with Crippen LogP contribution in [-0.4, -0.2) is 28.6 Å². The van der Waals surface area contributed by atoms with Gasteiger partial charge in [-0.1, -0.05) is 11.6 Å². The number of hydrogen-bond acceptors (Lipinski definition) is 4. The van der Waals surface area contributed by atoms with E-state index in [1.54, 1.807) is 6.92 Å². The minimum atomic E-state index is -1.09. The van der Waals surface area contributed by atoms with E-state index >= 15 is 0 Å². The molecule has 0 spiro atoms. The number of benzene rings is 1. The summed E-state index contributed by atoms with van der Waals surface area (Å²) in [5, 5.41) is 9.55. The van der Waals surface area contributed by atoms with Gasteiger partial charge in [0.1, 0.15) is 0 Å². The van der Waals surface area contributed by atoms with Gasteiger partial charge >= 0.3 is 11.9 Å². The molecule has 0 unspecified atom stereocenters. The van der Waals surface area contributed by atoms with Crippen molar-refractivity contribution >= 4 is 50.4 Å². The van der Waals surface area contributed by atoms with Gasteiger partial charge in [0.25, 0.3) is 0 Å². The van der Waals surface area contributed by atoms with Crippen molar-refractivity contribution in [3.05, 3.63) is 39.0 Å². The van der Waals surface area contributed by atoms with Gasteiger partial charge in [0.2, 0.25) is 0 Å². The van der Waals surface area contributed by atoms with Crippen molar-refractivity contribution < 1.29 is 19.4 Å². The Labute approximate surface area is 127 Å². The van der Waals surface area contributed by atoms with Crippen LogP contribution in [0.4, 0.5) is 0 Å². The summed E-state index contributed by atoms with van der Waals surface area (Å²) in [6, 6.07) is 2.80. The minimum absolute atomic E-state index is 0.0501. The number of esters is 1. The SMILES string of the molecule is CCOC(=O)c1cnc2c(Br)cc(C(=O)O)cc2c1Cl. The minimum Gasteiger partial charge on any atom is -0.478 e. The number of carboxylic acids is 1. The van der Waals surface area contributed by atoms with Crippen molar-refractivity contribution in [2.45, 2.75) is 6.92 Å². The number of nitrogens with zero attached hydrogens (tertiary/aromatic N) is 1. The van der Waals surface area contributed by atoms with E-state index in [-0.39, 0.29) is 22.8 Å². The molecule has 104 valence electrons. The first-order chi connectivity index (χ1) is 9.45. The Bertz CT molecular complexity index is 717. The van der Waals surface area contributed by atoms with Crippen LogP contribution in [0.1, 0.15) is 27.6 Å². The summed E-state index contributed by atoms with van der Waals surface area (Å²) >= 11 is 9.41. The van der Waals surface area contributed by atoms with Crippen molar-refractivity contribution in [1.29, 1.82) is 0 Å². The Kier molecular flexibility index (Phi) is 4.25. The van der Waals surface area contributed by atoms with Crippen LogP contribution in [0.15, 0.2) is 22.8 Å². The predicted octanol–water partition coefficient (Wildman–Crippen LogP) is 3.53. The van der Waals surface area contributed by atoms with Crippen molar-refractivity contribution in [3.63, 3.8) is 0 Å². The zero-order valence-electron chi connectivity index (χ0n) is 10.3. The molecular weight excluding hydrogens is 350 g/mol. The molecule has 0 saturated heterocycles. The summed E-state index contributed by atoms with van der Waals surface area (Å²) < 4.78 is 5.36. The van der Waals surface area contributed by atoms with Crippen LogP contribution >= 0.6 is 27.5 Å². The normalized spacial score (nSPS) is 10.6. The molecule has 0 radical (unpaired) electrons. The zero-order valence-corrected chi connectivity index (χ0v) is 12.7. The summed E-state index contributed by atoms with van der Waals surface area (Å²) in [5.74, 6) is -1.69. The first-order valence-electron chi connectivity index (χ1n) is 5.63. The number of pyridine rings is 1. The molecule has 0 saturated carbocycles. The van der Waals surface area contributed by atoms with Crippen LogP contribution in [0.5, 0.6) is 0 Å². The lowest BCUT2D eigenvalue weighted by Gasteiger charge is -2.08.